The maximum Gasteiger partial charge on any atom is 0.343 e. The van der Waals surface area contributed by atoms with Gasteiger partial charge in [-0.1, -0.05) is 18.2 Å². The lowest BCUT2D eigenvalue weighted by atomic mass is 10.0. The van der Waals surface area contributed by atoms with E-state index in [-0.39, 0.29) is 0 Å². The number of hydrogen-bond donors (Lipinski definition) is 1. The summed E-state index contributed by atoms with van der Waals surface area (Å²) in [7, 11) is 0. The molecular weight excluding hydrogens is 340 g/mol. The average Bonchev–Trinajstić information content (AvgIpc) is 2.70. The van der Waals surface area contributed by atoms with Crippen molar-refractivity contribution < 1.29 is 9.53 Å². The van der Waals surface area contributed by atoms with Gasteiger partial charge in [-0.15, -0.1) is 0 Å². The van der Waals surface area contributed by atoms with E-state index in [1.54, 1.807) is 19.3 Å². The number of carbonyl (C=O) groups is 1. The monoisotopic (exact) mass is 362 g/mol. The summed E-state index contributed by atoms with van der Waals surface area (Å²) in [5, 5.41) is 3.28. The molecule has 2 aromatic heterocycles. The second-order valence-electron chi connectivity index (χ2n) is 6.12. The number of ether oxygens (including phenoxy) is 1. The number of pyridine rings is 1. The molecule has 0 aliphatic heterocycles. The van der Waals surface area contributed by atoms with Gasteiger partial charge in [0.05, 0.1) is 6.61 Å². The highest BCUT2D eigenvalue weighted by molar-refractivity contribution is 5.94. The van der Waals surface area contributed by atoms with Crippen molar-refractivity contribution in [3.05, 3.63) is 71.2 Å². The average molecular weight is 362 g/mol. The highest BCUT2D eigenvalue weighted by Crippen LogP contribution is 2.21. The Morgan fingerprint density at radius 3 is 2.67 bits per heavy atom. The lowest BCUT2D eigenvalue weighted by Crippen LogP contribution is -2.13. The van der Waals surface area contributed by atoms with Gasteiger partial charge in [0.2, 0.25) is 0 Å². The number of aryl methyl sites for hydroxylation is 1. The Labute approximate surface area is 158 Å². The fraction of sp³-hybridized carbons (Fsp3) is 0.238. The van der Waals surface area contributed by atoms with Crippen LogP contribution in [0.25, 0.3) is 11.4 Å². The third-order valence-electron chi connectivity index (χ3n) is 4.39. The summed E-state index contributed by atoms with van der Waals surface area (Å²) < 4.78 is 5.14. The number of anilines is 1. The lowest BCUT2D eigenvalue weighted by molar-refractivity contribution is 0.0526. The fourth-order valence-electron chi connectivity index (χ4n) is 2.70. The third kappa shape index (κ3) is 4.28. The zero-order valence-corrected chi connectivity index (χ0v) is 15.7. The number of benzene rings is 1. The van der Waals surface area contributed by atoms with Gasteiger partial charge in [0.15, 0.2) is 5.82 Å². The molecule has 0 aliphatic carbocycles. The molecule has 3 rings (SSSR count). The minimum absolute atomic E-state index is 0.293. The number of rotatable bonds is 6. The molecule has 0 unspecified atom stereocenters. The first-order valence-corrected chi connectivity index (χ1v) is 8.83. The van der Waals surface area contributed by atoms with E-state index in [9.17, 15) is 4.79 Å². The van der Waals surface area contributed by atoms with Gasteiger partial charge < -0.3 is 10.1 Å². The second kappa shape index (κ2) is 8.40. The highest BCUT2D eigenvalue weighted by atomic mass is 16.5. The van der Waals surface area contributed by atoms with Gasteiger partial charge in [0, 0.05) is 30.7 Å². The summed E-state index contributed by atoms with van der Waals surface area (Å²) in [5.74, 6) is 0.535. The molecule has 2 heterocycles. The zero-order chi connectivity index (χ0) is 19.2. The topological polar surface area (TPSA) is 77.0 Å². The molecule has 1 N–H and O–H groups in total. The first-order chi connectivity index (χ1) is 13.1. The van der Waals surface area contributed by atoms with E-state index in [1.165, 1.54) is 17.3 Å². The summed E-state index contributed by atoms with van der Waals surface area (Å²) in [5.41, 5.74) is 4.73. The summed E-state index contributed by atoms with van der Waals surface area (Å²) >= 11 is 0. The first-order valence-electron chi connectivity index (χ1n) is 8.83. The summed E-state index contributed by atoms with van der Waals surface area (Å²) in [6.07, 6.45) is 4.87. The standard InChI is InChI=1S/C21H22N4O2/c1-4-27-21(26)18-13-24-19(16-8-10-22-11-9-16)25-20(18)23-12-17-7-5-6-14(2)15(17)3/h5-11,13H,4,12H2,1-3H3,(H,23,24,25). The maximum absolute atomic E-state index is 12.3. The predicted molar refractivity (Wildman–Crippen MR) is 104 cm³/mol. The maximum atomic E-state index is 12.3. The van der Waals surface area contributed by atoms with Crippen molar-refractivity contribution >= 4 is 11.8 Å². The van der Waals surface area contributed by atoms with Crippen molar-refractivity contribution in [1.82, 2.24) is 15.0 Å². The summed E-state index contributed by atoms with van der Waals surface area (Å²) in [6, 6.07) is 9.81. The molecule has 1 aromatic carbocycles. The minimum atomic E-state index is -0.442. The van der Waals surface area contributed by atoms with Crippen LogP contribution >= 0.6 is 0 Å². The molecule has 3 aromatic rings. The van der Waals surface area contributed by atoms with Crippen LogP contribution in [0.15, 0.2) is 48.9 Å². The van der Waals surface area contributed by atoms with E-state index in [2.05, 4.69) is 46.2 Å². The molecule has 0 fully saturated rings. The van der Waals surface area contributed by atoms with Gasteiger partial charge >= 0.3 is 5.97 Å². The van der Waals surface area contributed by atoms with Crippen LogP contribution in [-0.2, 0) is 11.3 Å². The molecule has 0 atom stereocenters. The smallest absolute Gasteiger partial charge is 0.343 e. The van der Waals surface area contributed by atoms with E-state index >= 15 is 0 Å². The Bertz CT molecular complexity index is 942. The quantitative estimate of drug-likeness (QED) is 0.669. The Hall–Kier alpha value is -3.28. The normalized spacial score (nSPS) is 10.5. The van der Waals surface area contributed by atoms with Crippen molar-refractivity contribution in [3.8, 4) is 11.4 Å². The van der Waals surface area contributed by atoms with Gasteiger partial charge in [-0.05, 0) is 49.6 Å². The number of nitrogens with zero attached hydrogens (tertiary/aromatic N) is 3. The van der Waals surface area contributed by atoms with Crippen LogP contribution in [0.2, 0.25) is 0 Å². The van der Waals surface area contributed by atoms with Crippen molar-refractivity contribution in [2.75, 3.05) is 11.9 Å². The number of esters is 1. The molecule has 6 heteroatoms. The molecule has 0 radical (unpaired) electrons. The first kappa shape index (κ1) is 18.5. The molecule has 0 saturated heterocycles. The van der Waals surface area contributed by atoms with Crippen LogP contribution in [0.3, 0.4) is 0 Å². The van der Waals surface area contributed by atoms with Crippen LogP contribution in [-0.4, -0.2) is 27.5 Å². The second-order valence-corrected chi connectivity index (χ2v) is 6.12. The molecule has 0 spiro atoms. The van der Waals surface area contributed by atoms with Gasteiger partial charge in [-0.2, -0.15) is 0 Å². The molecular formula is C21H22N4O2. The van der Waals surface area contributed by atoms with E-state index in [0.29, 0.717) is 30.4 Å². The molecule has 0 amide bonds. The van der Waals surface area contributed by atoms with Gasteiger partial charge in [0.1, 0.15) is 11.4 Å². The van der Waals surface area contributed by atoms with Crippen molar-refractivity contribution in [1.29, 1.82) is 0 Å². The summed E-state index contributed by atoms with van der Waals surface area (Å²) in [6.45, 7) is 6.78. The van der Waals surface area contributed by atoms with Gasteiger partial charge in [0.25, 0.3) is 0 Å². The van der Waals surface area contributed by atoms with Crippen LogP contribution < -0.4 is 5.32 Å². The van der Waals surface area contributed by atoms with Crippen LogP contribution in [0.5, 0.6) is 0 Å². The van der Waals surface area contributed by atoms with Gasteiger partial charge in [-0.3, -0.25) is 4.98 Å². The van der Waals surface area contributed by atoms with Crippen molar-refractivity contribution in [2.24, 2.45) is 0 Å². The number of carbonyl (C=O) groups excluding carboxylic acids is 1. The van der Waals surface area contributed by atoms with E-state index in [1.807, 2.05) is 18.2 Å². The third-order valence-corrected chi connectivity index (χ3v) is 4.39. The Balaban J connectivity index is 1.94. The Kier molecular flexibility index (Phi) is 5.76. The SMILES string of the molecule is CCOC(=O)c1cnc(-c2ccncc2)nc1NCc1cccc(C)c1C. The minimum Gasteiger partial charge on any atom is -0.462 e. The fourth-order valence-corrected chi connectivity index (χ4v) is 2.70. The molecule has 6 nitrogen and oxygen atoms in total. The zero-order valence-electron chi connectivity index (χ0n) is 15.7. The molecule has 0 bridgehead atoms. The van der Waals surface area contributed by atoms with E-state index in [4.69, 9.17) is 4.74 Å². The number of hydrogen-bond acceptors (Lipinski definition) is 6. The molecule has 138 valence electrons. The van der Waals surface area contributed by atoms with Crippen LogP contribution in [0.1, 0.15) is 34.0 Å². The number of aromatic nitrogens is 3. The lowest BCUT2D eigenvalue weighted by Gasteiger charge is -2.14. The highest BCUT2D eigenvalue weighted by Gasteiger charge is 2.17. The Morgan fingerprint density at radius 1 is 1.15 bits per heavy atom. The number of nitrogens with one attached hydrogen (secondary N) is 1. The summed E-state index contributed by atoms with van der Waals surface area (Å²) in [4.78, 5) is 25.2. The largest absolute Gasteiger partial charge is 0.462 e. The Morgan fingerprint density at radius 2 is 1.93 bits per heavy atom. The molecule has 0 aliphatic rings. The van der Waals surface area contributed by atoms with Gasteiger partial charge in [-0.25, -0.2) is 14.8 Å². The van der Waals surface area contributed by atoms with Crippen molar-refractivity contribution in [3.63, 3.8) is 0 Å². The van der Waals surface area contributed by atoms with Crippen LogP contribution in [0.4, 0.5) is 5.82 Å². The van der Waals surface area contributed by atoms with Crippen molar-refractivity contribution in [2.45, 2.75) is 27.3 Å². The van der Waals surface area contributed by atoms with Crippen LogP contribution in [0, 0.1) is 13.8 Å². The predicted octanol–water partition coefficient (Wildman–Crippen LogP) is 3.94. The van der Waals surface area contributed by atoms with E-state index < -0.39 is 5.97 Å². The molecule has 0 saturated carbocycles. The van der Waals surface area contributed by atoms with E-state index in [0.717, 1.165) is 11.1 Å². The molecule has 27 heavy (non-hydrogen) atoms.